The molecule has 0 spiro atoms. The molecule has 0 aliphatic carbocycles. The van der Waals surface area contributed by atoms with Gasteiger partial charge in [-0.3, -0.25) is 0 Å². The van der Waals surface area contributed by atoms with Crippen LogP contribution in [0.1, 0.15) is 18.1 Å². The lowest BCUT2D eigenvalue weighted by atomic mass is 10.1. The van der Waals surface area contributed by atoms with Crippen molar-refractivity contribution in [2.45, 2.75) is 6.92 Å². The fraction of sp³-hybridized carbons (Fsp3) is 0.143. The number of cyclic esters (lactones) is 1. The summed E-state index contributed by atoms with van der Waals surface area (Å²) in [5.74, 6) is 0.885. The molecule has 5 nitrogen and oxygen atoms in total. The zero-order chi connectivity index (χ0) is 19.4. The second-order valence-corrected chi connectivity index (χ2v) is 6.44. The van der Waals surface area contributed by atoms with E-state index in [1.165, 1.54) is 0 Å². The van der Waals surface area contributed by atoms with Gasteiger partial charge in [0.1, 0.15) is 6.61 Å². The lowest BCUT2D eigenvalue weighted by molar-refractivity contribution is -0.129. The molecular formula is C21H18ClNO4. The predicted octanol–water partition coefficient (Wildman–Crippen LogP) is 4.65. The van der Waals surface area contributed by atoms with Crippen LogP contribution in [0.5, 0.6) is 11.5 Å². The molecule has 2 aromatic rings. The molecule has 0 saturated carbocycles. The van der Waals surface area contributed by atoms with Gasteiger partial charge in [-0.25, -0.2) is 9.79 Å². The van der Waals surface area contributed by atoms with E-state index >= 15 is 0 Å². The second kappa shape index (κ2) is 8.10. The summed E-state index contributed by atoms with van der Waals surface area (Å²) in [5, 5.41) is 0.597. The van der Waals surface area contributed by atoms with E-state index in [4.69, 9.17) is 25.8 Å². The zero-order valence-corrected chi connectivity index (χ0v) is 15.7. The highest BCUT2D eigenvalue weighted by molar-refractivity contribution is 6.30. The summed E-state index contributed by atoms with van der Waals surface area (Å²) in [7, 11) is 1.57. The fourth-order valence-corrected chi connectivity index (χ4v) is 2.51. The van der Waals surface area contributed by atoms with Gasteiger partial charge in [0, 0.05) is 10.6 Å². The maximum atomic E-state index is 12.2. The average Bonchev–Trinajstić information content (AvgIpc) is 3.01. The Bertz CT molecular complexity index is 945. The van der Waals surface area contributed by atoms with Crippen molar-refractivity contribution in [3.05, 3.63) is 76.5 Å². The maximum absolute atomic E-state index is 12.2. The molecule has 6 heteroatoms. The van der Waals surface area contributed by atoms with E-state index in [1.807, 2.05) is 13.0 Å². The van der Waals surface area contributed by atoms with E-state index in [-0.39, 0.29) is 11.6 Å². The maximum Gasteiger partial charge on any atom is 0.363 e. The zero-order valence-electron chi connectivity index (χ0n) is 15.0. The molecule has 0 amide bonds. The van der Waals surface area contributed by atoms with E-state index in [9.17, 15) is 4.79 Å². The van der Waals surface area contributed by atoms with Gasteiger partial charge in [-0.1, -0.05) is 24.2 Å². The van der Waals surface area contributed by atoms with Crippen LogP contribution in [0.2, 0.25) is 5.02 Å². The summed E-state index contributed by atoms with van der Waals surface area (Å²) in [5.41, 5.74) is 2.50. The van der Waals surface area contributed by atoms with Crippen LogP contribution in [0, 0.1) is 0 Å². The summed E-state index contributed by atoms with van der Waals surface area (Å²) in [6, 6.07) is 12.3. The molecule has 1 aliphatic rings. The van der Waals surface area contributed by atoms with Crippen LogP contribution in [-0.2, 0) is 9.53 Å². The van der Waals surface area contributed by atoms with Gasteiger partial charge in [-0.2, -0.15) is 0 Å². The number of hydrogen-bond acceptors (Lipinski definition) is 5. The van der Waals surface area contributed by atoms with E-state index in [2.05, 4.69) is 11.6 Å². The first-order valence-corrected chi connectivity index (χ1v) is 8.58. The number of aliphatic imine (C=N–C) groups is 1. The van der Waals surface area contributed by atoms with E-state index in [1.54, 1.807) is 49.6 Å². The molecule has 138 valence electrons. The molecule has 0 bridgehead atoms. The third-order valence-electron chi connectivity index (χ3n) is 3.68. The minimum absolute atomic E-state index is 0.205. The molecule has 27 heavy (non-hydrogen) atoms. The lowest BCUT2D eigenvalue weighted by Crippen LogP contribution is -2.05. The Morgan fingerprint density at radius 2 is 1.96 bits per heavy atom. The molecule has 2 aromatic carbocycles. The molecule has 0 radical (unpaired) electrons. The van der Waals surface area contributed by atoms with Crippen LogP contribution >= 0.6 is 11.6 Å². The molecule has 0 unspecified atom stereocenters. The van der Waals surface area contributed by atoms with Crippen molar-refractivity contribution in [2.24, 2.45) is 4.99 Å². The quantitative estimate of drug-likeness (QED) is 0.414. The Morgan fingerprint density at radius 3 is 2.63 bits per heavy atom. The molecule has 3 rings (SSSR count). The standard InChI is InChI=1S/C21H18ClNO4/c1-13(2)12-26-19-11-14(4-9-18(19)25-3)10-17-21(24)27-20(23-17)15-5-7-16(22)8-6-15/h4-11H,1,12H2,2-3H3/b17-10+. The molecule has 1 heterocycles. The molecule has 0 saturated heterocycles. The highest BCUT2D eigenvalue weighted by Gasteiger charge is 2.24. The smallest absolute Gasteiger partial charge is 0.363 e. The van der Waals surface area contributed by atoms with Gasteiger partial charge in [0.2, 0.25) is 5.90 Å². The summed E-state index contributed by atoms with van der Waals surface area (Å²) in [6.45, 7) is 6.07. The third kappa shape index (κ3) is 4.57. The van der Waals surface area contributed by atoms with E-state index in [0.717, 1.165) is 11.1 Å². The number of methoxy groups -OCH3 is 1. The van der Waals surface area contributed by atoms with Gasteiger partial charge in [0.25, 0.3) is 0 Å². The molecule has 0 N–H and O–H groups in total. The Labute approximate surface area is 162 Å². The van der Waals surface area contributed by atoms with Gasteiger partial charge < -0.3 is 14.2 Å². The van der Waals surface area contributed by atoms with Crippen molar-refractivity contribution in [3.8, 4) is 11.5 Å². The van der Waals surface area contributed by atoms with E-state index in [0.29, 0.717) is 28.7 Å². The lowest BCUT2D eigenvalue weighted by Gasteiger charge is -2.11. The van der Waals surface area contributed by atoms with Crippen LogP contribution in [-0.4, -0.2) is 25.6 Å². The number of esters is 1. The molecule has 0 aromatic heterocycles. The summed E-state index contributed by atoms with van der Waals surface area (Å²) >= 11 is 5.88. The first-order chi connectivity index (χ1) is 13.0. The molecular weight excluding hydrogens is 366 g/mol. The first-order valence-electron chi connectivity index (χ1n) is 8.20. The normalized spacial score (nSPS) is 14.7. The van der Waals surface area contributed by atoms with Crippen LogP contribution in [0.25, 0.3) is 6.08 Å². The number of hydrogen-bond donors (Lipinski definition) is 0. The molecule has 1 aliphatic heterocycles. The largest absolute Gasteiger partial charge is 0.493 e. The number of rotatable bonds is 6. The van der Waals surface area contributed by atoms with Crippen molar-refractivity contribution >= 4 is 29.5 Å². The minimum Gasteiger partial charge on any atom is -0.493 e. The number of ether oxygens (including phenoxy) is 3. The van der Waals surface area contributed by atoms with Crippen LogP contribution in [0.4, 0.5) is 0 Å². The minimum atomic E-state index is -0.514. The summed E-state index contributed by atoms with van der Waals surface area (Å²) < 4.78 is 16.3. The SMILES string of the molecule is C=C(C)COc1cc(/C=C2/N=C(c3ccc(Cl)cc3)OC2=O)ccc1OC. The number of carbonyl (C=O) groups is 1. The van der Waals surface area contributed by atoms with Crippen molar-refractivity contribution in [3.63, 3.8) is 0 Å². The van der Waals surface area contributed by atoms with Gasteiger partial charge in [0.15, 0.2) is 17.2 Å². The van der Waals surface area contributed by atoms with Crippen molar-refractivity contribution in [2.75, 3.05) is 13.7 Å². The first kappa shape index (κ1) is 18.7. The van der Waals surface area contributed by atoms with Crippen molar-refractivity contribution in [1.82, 2.24) is 0 Å². The average molecular weight is 384 g/mol. The fourth-order valence-electron chi connectivity index (χ4n) is 2.38. The van der Waals surface area contributed by atoms with Gasteiger partial charge in [-0.05, 0) is 60.5 Å². The highest BCUT2D eigenvalue weighted by atomic mass is 35.5. The highest BCUT2D eigenvalue weighted by Crippen LogP contribution is 2.30. The predicted molar refractivity (Wildman–Crippen MR) is 105 cm³/mol. The molecule has 0 atom stereocenters. The Morgan fingerprint density at radius 1 is 1.22 bits per heavy atom. The van der Waals surface area contributed by atoms with Gasteiger partial charge >= 0.3 is 5.97 Å². The number of nitrogens with zero attached hydrogens (tertiary/aromatic N) is 1. The Hall–Kier alpha value is -3.05. The topological polar surface area (TPSA) is 57.1 Å². The van der Waals surface area contributed by atoms with Crippen LogP contribution in [0.15, 0.2) is 65.3 Å². The van der Waals surface area contributed by atoms with Crippen molar-refractivity contribution in [1.29, 1.82) is 0 Å². The monoisotopic (exact) mass is 383 g/mol. The summed E-state index contributed by atoms with van der Waals surface area (Å²) in [6.07, 6.45) is 1.64. The number of benzene rings is 2. The van der Waals surface area contributed by atoms with Gasteiger partial charge in [0.05, 0.1) is 7.11 Å². The third-order valence-corrected chi connectivity index (χ3v) is 3.93. The Kier molecular flexibility index (Phi) is 5.62. The van der Waals surface area contributed by atoms with Gasteiger partial charge in [-0.15, -0.1) is 0 Å². The Balaban J connectivity index is 1.88. The van der Waals surface area contributed by atoms with Crippen LogP contribution < -0.4 is 9.47 Å². The van der Waals surface area contributed by atoms with E-state index < -0.39 is 5.97 Å². The molecule has 0 fully saturated rings. The second-order valence-electron chi connectivity index (χ2n) is 6.00. The summed E-state index contributed by atoms with van der Waals surface area (Å²) in [4.78, 5) is 16.4. The van der Waals surface area contributed by atoms with Crippen molar-refractivity contribution < 1.29 is 19.0 Å². The van der Waals surface area contributed by atoms with Crippen LogP contribution in [0.3, 0.4) is 0 Å². The number of carbonyl (C=O) groups excluding carboxylic acids is 1. The number of halogens is 1.